The number of rotatable bonds is 5. The summed E-state index contributed by atoms with van der Waals surface area (Å²) >= 11 is 6.24. The van der Waals surface area contributed by atoms with Gasteiger partial charge >= 0.3 is 0 Å². The highest BCUT2D eigenvalue weighted by atomic mass is 35.5. The number of benzene rings is 2. The van der Waals surface area contributed by atoms with Crippen molar-refractivity contribution in [2.45, 2.75) is 32.2 Å². The molecule has 4 aromatic rings. The number of likely N-dealkylation sites (tertiary alicyclic amines) is 1. The van der Waals surface area contributed by atoms with E-state index >= 15 is 0 Å². The van der Waals surface area contributed by atoms with E-state index in [-0.39, 0.29) is 0 Å². The van der Waals surface area contributed by atoms with Crippen molar-refractivity contribution in [2.24, 2.45) is 0 Å². The van der Waals surface area contributed by atoms with E-state index in [0.29, 0.717) is 22.8 Å². The molecule has 0 unspecified atom stereocenters. The third-order valence-electron chi connectivity index (χ3n) is 5.69. The minimum atomic E-state index is 0.415. The van der Waals surface area contributed by atoms with Gasteiger partial charge in [-0.3, -0.25) is 0 Å². The van der Waals surface area contributed by atoms with Gasteiger partial charge in [-0.05, 0) is 62.7 Å². The molecule has 148 valence electrons. The van der Waals surface area contributed by atoms with Gasteiger partial charge in [-0.15, -0.1) is 0 Å². The van der Waals surface area contributed by atoms with Crippen LogP contribution in [0.1, 0.15) is 25.5 Å². The molecule has 0 saturated carbocycles. The maximum Gasteiger partial charge on any atom is 0.259 e. The van der Waals surface area contributed by atoms with Crippen LogP contribution in [0.5, 0.6) is 0 Å². The van der Waals surface area contributed by atoms with E-state index in [4.69, 9.17) is 20.5 Å². The summed E-state index contributed by atoms with van der Waals surface area (Å²) < 4.78 is 11.5. The molecule has 1 aliphatic rings. The Morgan fingerprint density at radius 3 is 2.90 bits per heavy atom. The normalized spacial score (nSPS) is 17.4. The van der Waals surface area contributed by atoms with Crippen LogP contribution >= 0.6 is 11.6 Å². The van der Waals surface area contributed by atoms with Gasteiger partial charge in [0.2, 0.25) is 5.82 Å². The number of nitrogens with zero attached hydrogens (tertiary/aromatic N) is 3. The lowest BCUT2D eigenvalue weighted by molar-refractivity contribution is 0.266. The molecule has 1 aliphatic heterocycles. The highest BCUT2D eigenvalue weighted by Crippen LogP contribution is 2.30. The highest BCUT2D eigenvalue weighted by molar-refractivity contribution is 6.33. The van der Waals surface area contributed by atoms with Gasteiger partial charge in [-0.2, -0.15) is 4.98 Å². The van der Waals surface area contributed by atoms with Crippen molar-refractivity contribution in [3.05, 3.63) is 59.3 Å². The lowest BCUT2D eigenvalue weighted by atomic mass is 10.1. The van der Waals surface area contributed by atoms with Crippen LogP contribution in [0.4, 0.5) is 0 Å². The van der Waals surface area contributed by atoms with Gasteiger partial charge in [0.15, 0.2) is 0 Å². The smallest absolute Gasteiger partial charge is 0.259 e. The maximum atomic E-state index is 6.24. The van der Waals surface area contributed by atoms with Crippen molar-refractivity contribution in [3.63, 3.8) is 0 Å². The summed E-state index contributed by atoms with van der Waals surface area (Å²) in [7, 11) is 0. The molecule has 2 aromatic carbocycles. The molecule has 29 heavy (non-hydrogen) atoms. The van der Waals surface area contributed by atoms with Crippen LogP contribution in [0.15, 0.2) is 57.5 Å². The first-order valence-electron chi connectivity index (χ1n) is 10.0. The minimum absolute atomic E-state index is 0.415. The molecule has 1 atom stereocenters. The predicted octanol–water partition coefficient (Wildman–Crippen LogP) is 5.83. The van der Waals surface area contributed by atoms with Crippen LogP contribution in [-0.2, 0) is 6.42 Å². The zero-order valence-corrected chi connectivity index (χ0v) is 17.0. The molecule has 0 bridgehead atoms. The second-order valence-electron chi connectivity index (χ2n) is 7.65. The van der Waals surface area contributed by atoms with Gasteiger partial charge in [-0.1, -0.05) is 28.9 Å². The second kappa shape index (κ2) is 7.65. The molecular formula is C23H22ClN3O2. The van der Waals surface area contributed by atoms with E-state index in [1.807, 2.05) is 42.5 Å². The predicted molar refractivity (Wildman–Crippen MR) is 114 cm³/mol. The van der Waals surface area contributed by atoms with Crippen LogP contribution in [-0.4, -0.2) is 34.2 Å². The maximum absolute atomic E-state index is 6.24. The molecule has 0 amide bonds. The Kier molecular flexibility index (Phi) is 4.86. The fraction of sp³-hybridized carbons (Fsp3) is 0.304. The third kappa shape index (κ3) is 3.68. The minimum Gasteiger partial charge on any atom is -0.461 e. The molecule has 5 nitrogen and oxygen atoms in total. The fourth-order valence-corrected chi connectivity index (χ4v) is 4.24. The van der Waals surface area contributed by atoms with E-state index in [9.17, 15) is 0 Å². The number of fused-ring (bicyclic) bond motifs is 1. The van der Waals surface area contributed by atoms with E-state index in [1.165, 1.54) is 19.4 Å². The van der Waals surface area contributed by atoms with Gasteiger partial charge in [0, 0.05) is 30.0 Å². The van der Waals surface area contributed by atoms with Crippen molar-refractivity contribution in [1.29, 1.82) is 0 Å². The van der Waals surface area contributed by atoms with Gasteiger partial charge in [0.1, 0.15) is 11.3 Å². The SMILES string of the molecule is C[C@@H]1CCCN1CCc1cc2cc(-c3noc(-c4ccccc4Cl)n3)ccc2o1. The Balaban J connectivity index is 1.37. The summed E-state index contributed by atoms with van der Waals surface area (Å²) in [5.41, 5.74) is 2.50. The molecule has 1 saturated heterocycles. The Labute approximate surface area is 174 Å². The fourth-order valence-electron chi connectivity index (χ4n) is 4.02. The quantitative estimate of drug-likeness (QED) is 0.416. The molecule has 6 heteroatoms. The van der Waals surface area contributed by atoms with E-state index in [2.05, 4.69) is 28.0 Å². The first-order chi connectivity index (χ1) is 14.2. The Bertz CT molecular complexity index is 1150. The van der Waals surface area contributed by atoms with Crippen LogP contribution < -0.4 is 0 Å². The largest absolute Gasteiger partial charge is 0.461 e. The van der Waals surface area contributed by atoms with Crippen molar-refractivity contribution in [3.8, 4) is 22.8 Å². The zero-order valence-electron chi connectivity index (χ0n) is 16.3. The number of furan rings is 1. The zero-order chi connectivity index (χ0) is 19.8. The summed E-state index contributed by atoms with van der Waals surface area (Å²) in [6, 6.07) is 16.2. The van der Waals surface area contributed by atoms with Crippen LogP contribution in [0, 0.1) is 0 Å². The molecule has 0 radical (unpaired) electrons. The van der Waals surface area contributed by atoms with E-state index < -0.39 is 0 Å². The lowest BCUT2D eigenvalue weighted by Crippen LogP contribution is -2.28. The molecule has 3 heterocycles. The number of hydrogen-bond donors (Lipinski definition) is 0. The monoisotopic (exact) mass is 407 g/mol. The average Bonchev–Trinajstić information content (AvgIpc) is 3.45. The molecule has 2 aromatic heterocycles. The van der Waals surface area contributed by atoms with Gasteiger partial charge in [0.05, 0.1) is 10.6 Å². The van der Waals surface area contributed by atoms with Gasteiger partial charge in [-0.25, -0.2) is 0 Å². The first-order valence-corrected chi connectivity index (χ1v) is 10.4. The molecule has 0 aliphatic carbocycles. The summed E-state index contributed by atoms with van der Waals surface area (Å²) in [4.78, 5) is 7.06. The van der Waals surface area contributed by atoms with Crippen LogP contribution in [0.2, 0.25) is 5.02 Å². The second-order valence-corrected chi connectivity index (χ2v) is 8.05. The van der Waals surface area contributed by atoms with Crippen LogP contribution in [0.25, 0.3) is 33.8 Å². The molecule has 1 fully saturated rings. The summed E-state index contributed by atoms with van der Waals surface area (Å²) in [5.74, 6) is 1.97. The summed E-state index contributed by atoms with van der Waals surface area (Å²) in [6.45, 7) is 4.54. The molecule has 5 rings (SSSR count). The number of hydrogen-bond acceptors (Lipinski definition) is 5. The van der Waals surface area contributed by atoms with Gasteiger partial charge in [0.25, 0.3) is 5.89 Å². The van der Waals surface area contributed by atoms with Crippen molar-refractivity contribution in [1.82, 2.24) is 15.0 Å². The summed E-state index contributed by atoms with van der Waals surface area (Å²) in [6.07, 6.45) is 3.52. The van der Waals surface area contributed by atoms with Gasteiger partial charge < -0.3 is 13.8 Å². The van der Waals surface area contributed by atoms with E-state index in [0.717, 1.165) is 40.8 Å². The molecule has 0 spiro atoms. The van der Waals surface area contributed by atoms with E-state index in [1.54, 1.807) is 0 Å². The van der Waals surface area contributed by atoms with Crippen molar-refractivity contribution < 1.29 is 8.94 Å². The van der Waals surface area contributed by atoms with Crippen molar-refractivity contribution >= 4 is 22.6 Å². The number of halogens is 1. The number of aromatic nitrogens is 2. The molecular weight excluding hydrogens is 386 g/mol. The van der Waals surface area contributed by atoms with Crippen molar-refractivity contribution in [2.75, 3.05) is 13.1 Å². The molecule has 0 N–H and O–H groups in total. The summed E-state index contributed by atoms with van der Waals surface area (Å²) in [5, 5.41) is 5.77. The third-order valence-corrected chi connectivity index (χ3v) is 6.02. The Hall–Kier alpha value is -2.63. The standard InChI is InChI=1S/C23H22ClN3O2/c1-15-5-4-11-27(15)12-10-18-14-17-13-16(8-9-21(17)28-18)22-25-23(29-26-22)19-6-2-3-7-20(19)24/h2-3,6-9,13-15H,4-5,10-12H2,1H3/t15-/m1/s1. The highest BCUT2D eigenvalue weighted by Gasteiger charge is 2.20. The first kappa shape index (κ1) is 18.4. The lowest BCUT2D eigenvalue weighted by Gasteiger charge is -2.19. The Morgan fingerprint density at radius 2 is 2.07 bits per heavy atom. The van der Waals surface area contributed by atoms with Crippen LogP contribution in [0.3, 0.4) is 0 Å². The Morgan fingerprint density at radius 1 is 1.17 bits per heavy atom. The topological polar surface area (TPSA) is 55.3 Å². The average molecular weight is 408 g/mol.